The third kappa shape index (κ3) is 4.45. The van der Waals surface area contributed by atoms with Crippen molar-refractivity contribution < 1.29 is 0 Å². The predicted molar refractivity (Wildman–Crippen MR) is 139 cm³/mol. The molecule has 0 bridgehead atoms. The van der Waals surface area contributed by atoms with Crippen LogP contribution in [-0.4, -0.2) is 0 Å². The first kappa shape index (κ1) is 19.8. The zero-order chi connectivity index (χ0) is 21.6. The molecule has 0 atom stereocenters. The highest BCUT2D eigenvalue weighted by atomic mass is 14.0. The molecule has 0 saturated carbocycles. The highest BCUT2D eigenvalue weighted by Crippen LogP contribution is 2.26. The van der Waals surface area contributed by atoms with Gasteiger partial charge < -0.3 is 0 Å². The first-order valence-corrected chi connectivity index (χ1v) is 11.0. The van der Waals surface area contributed by atoms with Gasteiger partial charge in [0, 0.05) is 0 Å². The van der Waals surface area contributed by atoms with E-state index in [0.29, 0.717) is 0 Å². The van der Waals surface area contributed by atoms with E-state index < -0.39 is 0 Å². The smallest absolute Gasteiger partial charge is 0.0178 e. The Kier molecular flexibility index (Phi) is 5.76. The molecule has 6 rings (SSSR count). The summed E-state index contributed by atoms with van der Waals surface area (Å²) >= 11 is 0. The fraction of sp³-hybridized carbons (Fsp3) is 0. The van der Waals surface area contributed by atoms with E-state index in [2.05, 4.69) is 133 Å². The molecule has 0 nitrogen and oxygen atoms in total. The third-order valence-corrected chi connectivity index (χ3v) is 5.69. The molecule has 32 heavy (non-hydrogen) atoms. The van der Waals surface area contributed by atoms with E-state index in [-0.39, 0.29) is 0 Å². The van der Waals surface area contributed by atoms with Gasteiger partial charge in [-0.2, -0.15) is 0 Å². The van der Waals surface area contributed by atoms with Crippen LogP contribution in [0.2, 0.25) is 0 Å². The molecule has 0 radical (unpaired) electrons. The quantitative estimate of drug-likeness (QED) is 0.251. The van der Waals surface area contributed by atoms with Gasteiger partial charge in [-0.25, -0.2) is 0 Å². The summed E-state index contributed by atoms with van der Waals surface area (Å²) in [6, 6.07) is 51.0. The number of fused-ring (bicyclic) bond motifs is 2. The molecule has 152 valence electrons. The van der Waals surface area contributed by atoms with Crippen molar-refractivity contribution in [1.29, 1.82) is 0 Å². The predicted octanol–water partition coefficient (Wildman–Crippen LogP) is 9.01. The second kappa shape index (κ2) is 9.32. The van der Waals surface area contributed by atoms with Crippen LogP contribution in [0.3, 0.4) is 0 Å². The van der Waals surface area contributed by atoms with Crippen LogP contribution in [0.4, 0.5) is 0 Å². The average Bonchev–Trinajstić information content (AvgIpc) is 2.89. The summed E-state index contributed by atoms with van der Waals surface area (Å²) in [4.78, 5) is 0. The van der Waals surface area contributed by atoms with E-state index >= 15 is 0 Å². The molecule has 0 N–H and O–H groups in total. The Morgan fingerprint density at radius 3 is 0.906 bits per heavy atom. The second-order valence-electron chi connectivity index (χ2n) is 7.86. The lowest BCUT2D eigenvalue weighted by atomic mass is 9.99. The summed E-state index contributed by atoms with van der Waals surface area (Å²) < 4.78 is 0. The van der Waals surface area contributed by atoms with Crippen molar-refractivity contribution in [1.82, 2.24) is 0 Å². The molecule has 0 unspecified atom stereocenters. The Bertz CT molecular complexity index is 1290. The van der Waals surface area contributed by atoms with Crippen LogP contribution >= 0.6 is 0 Å². The second-order valence-corrected chi connectivity index (χ2v) is 7.86. The molecule has 0 heterocycles. The van der Waals surface area contributed by atoms with Crippen LogP contribution in [0, 0.1) is 0 Å². The highest BCUT2D eigenvalue weighted by molar-refractivity contribution is 5.98. The van der Waals surface area contributed by atoms with Crippen molar-refractivity contribution in [3.05, 3.63) is 146 Å². The fourth-order valence-electron chi connectivity index (χ4n) is 4.02. The topological polar surface area (TPSA) is 0 Å². The molecular weight excluding hydrogens is 384 g/mol. The van der Waals surface area contributed by atoms with Crippen LogP contribution in [0.5, 0.6) is 0 Å². The van der Waals surface area contributed by atoms with E-state index in [0.717, 1.165) is 0 Å². The van der Waals surface area contributed by atoms with Gasteiger partial charge in [0.05, 0.1) is 0 Å². The minimum atomic E-state index is 1.26. The van der Waals surface area contributed by atoms with Gasteiger partial charge in [0.25, 0.3) is 0 Å². The van der Waals surface area contributed by atoms with Gasteiger partial charge >= 0.3 is 0 Å². The Hall–Kier alpha value is -4.16. The lowest BCUT2D eigenvalue weighted by molar-refractivity contribution is 1.59. The molecule has 0 spiro atoms. The Morgan fingerprint density at radius 1 is 0.219 bits per heavy atom. The van der Waals surface area contributed by atoms with Gasteiger partial charge in [-0.1, -0.05) is 127 Å². The SMILES string of the molecule is c1ccc(-c2cccc(-c3ccccc3)c2)cc1.c1ccc2cc3ccccc3cc2c1. The van der Waals surface area contributed by atoms with Crippen molar-refractivity contribution in [3.63, 3.8) is 0 Å². The van der Waals surface area contributed by atoms with Crippen LogP contribution < -0.4 is 0 Å². The van der Waals surface area contributed by atoms with Gasteiger partial charge in [-0.3, -0.25) is 0 Å². The molecule has 0 heteroatoms. The van der Waals surface area contributed by atoms with E-state index in [1.54, 1.807) is 0 Å². The van der Waals surface area contributed by atoms with E-state index in [4.69, 9.17) is 0 Å². The molecule has 0 aliphatic heterocycles. The van der Waals surface area contributed by atoms with E-state index in [1.807, 2.05) is 12.1 Å². The Morgan fingerprint density at radius 2 is 0.531 bits per heavy atom. The summed E-state index contributed by atoms with van der Waals surface area (Å²) in [5.41, 5.74) is 5.04. The molecule has 0 aliphatic carbocycles. The molecule has 6 aromatic carbocycles. The molecule has 0 saturated heterocycles. The maximum atomic E-state index is 2.24. The van der Waals surface area contributed by atoms with E-state index in [1.165, 1.54) is 43.8 Å². The van der Waals surface area contributed by atoms with Crippen molar-refractivity contribution >= 4 is 21.5 Å². The van der Waals surface area contributed by atoms with Crippen molar-refractivity contribution in [3.8, 4) is 22.3 Å². The lowest BCUT2D eigenvalue weighted by Gasteiger charge is -2.05. The lowest BCUT2D eigenvalue weighted by Crippen LogP contribution is -1.80. The van der Waals surface area contributed by atoms with E-state index in [9.17, 15) is 0 Å². The summed E-state index contributed by atoms with van der Waals surface area (Å²) in [6.07, 6.45) is 0. The first-order chi connectivity index (χ1) is 15.9. The molecule has 0 aliphatic rings. The van der Waals surface area contributed by atoms with Gasteiger partial charge in [-0.05, 0) is 62.0 Å². The highest BCUT2D eigenvalue weighted by Gasteiger charge is 2.00. The molecule has 0 aromatic heterocycles. The Balaban J connectivity index is 0.000000139. The normalized spacial score (nSPS) is 10.5. The minimum absolute atomic E-state index is 1.26. The fourth-order valence-corrected chi connectivity index (χ4v) is 4.02. The zero-order valence-electron chi connectivity index (χ0n) is 17.9. The summed E-state index contributed by atoms with van der Waals surface area (Å²) in [6.45, 7) is 0. The summed E-state index contributed by atoms with van der Waals surface area (Å²) in [5.74, 6) is 0. The van der Waals surface area contributed by atoms with Gasteiger partial charge in [0.1, 0.15) is 0 Å². The van der Waals surface area contributed by atoms with Crippen LogP contribution in [0.1, 0.15) is 0 Å². The summed E-state index contributed by atoms with van der Waals surface area (Å²) in [5, 5.41) is 5.25. The molecule has 6 aromatic rings. The van der Waals surface area contributed by atoms with Crippen molar-refractivity contribution in [2.45, 2.75) is 0 Å². The van der Waals surface area contributed by atoms with Gasteiger partial charge in [0.2, 0.25) is 0 Å². The van der Waals surface area contributed by atoms with Crippen molar-refractivity contribution in [2.75, 3.05) is 0 Å². The first-order valence-electron chi connectivity index (χ1n) is 11.0. The largest absolute Gasteiger partial charge is 0.0622 e. The monoisotopic (exact) mass is 408 g/mol. The van der Waals surface area contributed by atoms with Crippen molar-refractivity contribution in [2.24, 2.45) is 0 Å². The standard InChI is InChI=1S/C18H14.C14H10/c1-3-8-15(9-4-1)17-12-7-13-18(14-17)16-10-5-2-6-11-16;1-2-6-12-10-14-8-4-3-7-13(14)9-11(12)5-1/h1-14H;1-10H. The maximum absolute atomic E-state index is 2.24. The molecule has 0 fully saturated rings. The van der Waals surface area contributed by atoms with Gasteiger partial charge in [0.15, 0.2) is 0 Å². The average molecular weight is 409 g/mol. The maximum Gasteiger partial charge on any atom is -0.0178 e. The van der Waals surface area contributed by atoms with Crippen LogP contribution in [0.15, 0.2) is 146 Å². The number of rotatable bonds is 2. The minimum Gasteiger partial charge on any atom is -0.0622 e. The number of hydrogen-bond donors (Lipinski definition) is 0. The summed E-state index contributed by atoms with van der Waals surface area (Å²) in [7, 11) is 0. The number of benzene rings is 6. The molecule has 0 amide bonds. The molecular formula is C32H24. The number of hydrogen-bond acceptors (Lipinski definition) is 0. The van der Waals surface area contributed by atoms with Gasteiger partial charge in [-0.15, -0.1) is 0 Å². The zero-order valence-corrected chi connectivity index (χ0v) is 17.9. The van der Waals surface area contributed by atoms with Crippen LogP contribution in [0.25, 0.3) is 43.8 Å². The van der Waals surface area contributed by atoms with Crippen LogP contribution in [-0.2, 0) is 0 Å². The third-order valence-electron chi connectivity index (χ3n) is 5.69. The Labute approximate surface area is 189 Å².